The summed E-state index contributed by atoms with van der Waals surface area (Å²) < 4.78 is 1.67. The summed E-state index contributed by atoms with van der Waals surface area (Å²) in [6, 6.07) is 7.71. The van der Waals surface area contributed by atoms with E-state index in [1.165, 1.54) is 0 Å². The van der Waals surface area contributed by atoms with Crippen LogP contribution < -0.4 is 5.56 Å². The number of carbonyl (C=O) groups is 1. The van der Waals surface area contributed by atoms with E-state index in [4.69, 9.17) is 0 Å². The van der Waals surface area contributed by atoms with Crippen LogP contribution in [0.25, 0.3) is 10.8 Å². The van der Waals surface area contributed by atoms with Crippen LogP contribution >= 0.6 is 0 Å². The average molecular weight is 298 g/mol. The van der Waals surface area contributed by atoms with E-state index in [-0.39, 0.29) is 11.5 Å². The fraction of sp³-hybridized carbons (Fsp3) is 0.444. The Morgan fingerprint density at radius 1 is 1.23 bits per heavy atom. The van der Waals surface area contributed by atoms with Crippen LogP contribution in [-0.2, 0) is 6.54 Å². The zero-order valence-electron chi connectivity index (χ0n) is 13.3. The van der Waals surface area contributed by atoms with Crippen molar-refractivity contribution in [3.05, 3.63) is 45.9 Å². The fourth-order valence-corrected chi connectivity index (χ4v) is 2.86. The molecule has 0 bridgehead atoms. The van der Waals surface area contributed by atoms with Gasteiger partial charge in [0.2, 0.25) is 0 Å². The molecule has 1 aromatic carbocycles. The van der Waals surface area contributed by atoms with E-state index in [1.807, 2.05) is 36.1 Å². The second kappa shape index (κ2) is 5.95. The molecule has 4 heteroatoms. The minimum atomic E-state index is -0.0430. The van der Waals surface area contributed by atoms with E-state index in [2.05, 4.69) is 6.92 Å². The number of rotatable bonds is 4. The van der Waals surface area contributed by atoms with Gasteiger partial charge in [0.1, 0.15) is 5.69 Å². The number of amides is 1. The number of fused-ring (bicyclic) bond motifs is 1. The SMILES string of the molecule is CCCCn1c(C(=O)N2CCC2)cc2ccc(C)cc2c1=O. The number of nitrogens with zero attached hydrogens (tertiary/aromatic N) is 2. The van der Waals surface area contributed by atoms with Gasteiger partial charge in [0.15, 0.2) is 0 Å². The van der Waals surface area contributed by atoms with Crippen molar-refractivity contribution in [1.82, 2.24) is 9.47 Å². The maximum Gasteiger partial charge on any atom is 0.270 e. The third kappa shape index (κ3) is 2.54. The molecule has 0 radical (unpaired) electrons. The first-order valence-electron chi connectivity index (χ1n) is 8.05. The number of hydrogen-bond donors (Lipinski definition) is 0. The summed E-state index contributed by atoms with van der Waals surface area (Å²) in [4.78, 5) is 27.3. The zero-order chi connectivity index (χ0) is 15.7. The Labute approximate surface area is 130 Å². The molecule has 0 unspecified atom stereocenters. The second-order valence-electron chi connectivity index (χ2n) is 6.08. The van der Waals surface area contributed by atoms with Gasteiger partial charge in [-0.25, -0.2) is 0 Å². The van der Waals surface area contributed by atoms with Gasteiger partial charge < -0.3 is 9.47 Å². The lowest BCUT2D eigenvalue weighted by Gasteiger charge is -2.31. The number of pyridine rings is 1. The van der Waals surface area contributed by atoms with Gasteiger partial charge in [-0.2, -0.15) is 0 Å². The highest BCUT2D eigenvalue weighted by molar-refractivity contribution is 5.97. The molecule has 116 valence electrons. The molecule has 0 spiro atoms. The first-order valence-corrected chi connectivity index (χ1v) is 8.05. The first kappa shape index (κ1) is 14.8. The van der Waals surface area contributed by atoms with Crippen molar-refractivity contribution in [2.24, 2.45) is 0 Å². The van der Waals surface area contributed by atoms with Gasteiger partial charge in [-0.3, -0.25) is 9.59 Å². The lowest BCUT2D eigenvalue weighted by Crippen LogP contribution is -2.44. The predicted molar refractivity (Wildman–Crippen MR) is 88.4 cm³/mol. The van der Waals surface area contributed by atoms with Crippen molar-refractivity contribution >= 4 is 16.7 Å². The lowest BCUT2D eigenvalue weighted by molar-refractivity contribution is 0.0639. The standard InChI is InChI=1S/C18H22N2O2/c1-3-4-10-20-16(18(22)19-8-5-9-19)12-14-7-6-13(2)11-15(14)17(20)21/h6-7,11-12H,3-5,8-10H2,1-2H3. The zero-order valence-corrected chi connectivity index (χ0v) is 13.3. The van der Waals surface area contributed by atoms with Crippen LogP contribution in [0.2, 0.25) is 0 Å². The summed E-state index contributed by atoms with van der Waals surface area (Å²) in [6.45, 7) is 6.27. The van der Waals surface area contributed by atoms with Gasteiger partial charge in [-0.1, -0.05) is 31.0 Å². The number of benzene rings is 1. The molecule has 2 aromatic rings. The first-order chi connectivity index (χ1) is 10.6. The molecule has 0 atom stereocenters. The third-order valence-electron chi connectivity index (χ3n) is 4.37. The molecular formula is C18H22N2O2. The van der Waals surface area contributed by atoms with E-state index in [9.17, 15) is 9.59 Å². The molecule has 0 saturated carbocycles. The Kier molecular flexibility index (Phi) is 4.01. The van der Waals surface area contributed by atoms with Crippen LogP contribution in [0.15, 0.2) is 29.1 Å². The highest BCUT2D eigenvalue weighted by atomic mass is 16.2. The van der Waals surface area contributed by atoms with Crippen LogP contribution in [0.5, 0.6) is 0 Å². The molecule has 1 amide bonds. The highest BCUT2D eigenvalue weighted by Gasteiger charge is 2.25. The largest absolute Gasteiger partial charge is 0.337 e. The lowest BCUT2D eigenvalue weighted by atomic mass is 10.1. The smallest absolute Gasteiger partial charge is 0.270 e. The van der Waals surface area contributed by atoms with Gasteiger partial charge >= 0.3 is 0 Å². The Morgan fingerprint density at radius 3 is 2.64 bits per heavy atom. The van der Waals surface area contributed by atoms with E-state index in [1.54, 1.807) is 4.57 Å². The molecule has 1 aliphatic rings. The Morgan fingerprint density at radius 2 is 2.00 bits per heavy atom. The van der Waals surface area contributed by atoms with Crippen LogP contribution in [0, 0.1) is 6.92 Å². The van der Waals surface area contributed by atoms with Gasteiger partial charge in [0, 0.05) is 25.0 Å². The number of likely N-dealkylation sites (tertiary alicyclic amines) is 1. The van der Waals surface area contributed by atoms with Gasteiger partial charge in [0.05, 0.1) is 0 Å². The van der Waals surface area contributed by atoms with Gasteiger partial charge in [-0.15, -0.1) is 0 Å². The van der Waals surface area contributed by atoms with E-state index in [0.29, 0.717) is 17.6 Å². The summed E-state index contributed by atoms with van der Waals surface area (Å²) in [6.07, 6.45) is 2.95. The molecule has 1 fully saturated rings. The Balaban J connectivity index is 2.17. The van der Waals surface area contributed by atoms with Gasteiger partial charge in [-0.05, 0) is 37.3 Å². The average Bonchev–Trinajstić information content (AvgIpc) is 2.45. The van der Waals surface area contributed by atoms with Crippen molar-refractivity contribution in [3.63, 3.8) is 0 Å². The predicted octanol–water partition coefficient (Wildman–Crippen LogP) is 2.96. The van der Waals surface area contributed by atoms with Crippen molar-refractivity contribution < 1.29 is 4.79 Å². The summed E-state index contributed by atoms with van der Waals surface area (Å²) in [5, 5.41) is 1.56. The van der Waals surface area contributed by atoms with E-state index in [0.717, 1.165) is 43.3 Å². The molecule has 1 aliphatic heterocycles. The monoisotopic (exact) mass is 298 g/mol. The highest BCUT2D eigenvalue weighted by Crippen LogP contribution is 2.18. The van der Waals surface area contributed by atoms with Gasteiger partial charge in [0.25, 0.3) is 11.5 Å². The molecule has 3 rings (SSSR count). The molecule has 0 N–H and O–H groups in total. The second-order valence-corrected chi connectivity index (χ2v) is 6.08. The molecule has 4 nitrogen and oxygen atoms in total. The van der Waals surface area contributed by atoms with Crippen LogP contribution in [0.3, 0.4) is 0 Å². The fourth-order valence-electron chi connectivity index (χ4n) is 2.86. The van der Waals surface area contributed by atoms with Crippen LogP contribution in [-0.4, -0.2) is 28.5 Å². The molecule has 22 heavy (non-hydrogen) atoms. The molecule has 1 aromatic heterocycles. The summed E-state index contributed by atoms with van der Waals surface area (Å²) in [5.41, 5.74) is 1.56. The number of hydrogen-bond acceptors (Lipinski definition) is 2. The normalized spacial score (nSPS) is 14.2. The Bertz CT molecular complexity index is 772. The van der Waals surface area contributed by atoms with E-state index >= 15 is 0 Å². The summed E-state index contributed by atoms with van der Waals surface area (Å²) in [7, 11) is 0. The molecular weight excluding hydrogens is 276 g/mol. The van der Waals surface area contributed by atoms with E-state index < -0.39 is 0 Å². The topological polar surface area (TPSA) is 42.3 Å². The molecule has 1 saturated heterocycles. The summed E-state index contributed by atoms with van der Waals surface area (Å²) >= 11 is 0. The third-order valence-corrected chi connectivity index (χ3v) is 4.37. The minimum Gasteiger partial charge on any atom is -0.337 e. The van der Waals surface area contributed by atoms with Crippen LogP contribution in [0.4, 0.5) is 0 Å². The van der Waals surface area contributed by atoms with Crippen molar-refractivity contribution in [2.45, 2.75) is 39.7 Å². The van der Waals surface area contributed by atoms with Crippen molar-refractivity contribution in [2.75, 3.05) is 13.1 Å². The Hall–Kier alpha value is -2.10. The maximum atomic E-state index is 12.8. The van der Waals surface area contributed by atoms with Crippen molar-refractivity contribution in [1.29, 1.82) is 0 Å². The minimum absolute atomic E-state index is 0.0121. The van der Waals surface area contributed by atoms with Crippen LogP contribution in [0.1, 0.15) is 42.2 Å². The quantitative estimate of drug-likeness (QED) is 0.871. The molecule has 2 heterocycles. The molecule has 0 aliphatic carbocycles. The number of unbranched alkanes of at least 4 members (excludes halogenated alkanes) is 1. The number of aromatic nitrogens is 1. The van der Waals surface area contributed by atoms with Crippen molar-refractivity contribution in [3.8, 4) is 0 Å². The maximum absolute atomic E-state index is 12.8. The number of aryl methyl sites for hydroxylation is 1. The number of carbonyl (C=O) groups excluding carboxylic acids is 1. The summed E-state index contributed by atoms with van der Waals surface area (Å²) in [5.74, 6) is -0.0121.